The topological polar surface area (TPSA) is 52.3 Å². The summed E-state index contributed by atoms with van der Waals surface area (Å²) in [5, 5.41) is 0. The molecule has 0 spiro atoms. The average molecular weight is 183 g/mol. The predicted molar refractivity (Wildman–Crippen MR) is 46.5 cm³/mol. The summed E-state index contributed by atoms with van der Waals surface area (Å²) >= 11 is 0. The third-order valence-corrected chi connectivity index (χ3v) is 1.70. The second-order valence-electron chi connectivity index (χ2n) is 2.56. The summed E-state index contributed by atoms with van der Waals surface area (Å²) < 4.78 is 17.5. The maximum Gasteiger partial charge on any atom is 0.310 e. The molecular formula is C9H10FNO2. The van der Waals surface area contributed by atoms with Gasteiger partial charge in [-0.15, -0.1) is 0 Å². The van der Waals surface area contributed by atoms with Gasteiger partial charge in [-0.25, -0.2) is 4.39 Å². The Morgan fingerprint density at radius 3 is 2.85 bits per heavy atom. The zero-order chi connectivity index (χ0) is 9.84. The fourth-order valence-corrected chi connectivity index (χ4v) is 0.978. The number of esters is 1. The Kier molecular flexibility index (Phi) is 2.84. The van der Waals surface area contributed by atoms with E-state index in [4.69, 9.17) is 5.73 Å². The summed E-state index contributed by atoms with van der Waals surface area (Å²) in [5.74, 6) is -0.984. The summed E-state index contributed by atoms with van der Waals surface area (Å²) in [5.41, 5.74) is 5.93. The van der Waals surface area contributed by atoms with Crippen molar-refractivity contribution in [3.05, 3.63) is 29.6 Å². The fraction of sp³-hybridized carbons (Fsp3) is 0.222. The molecule has 0 unspecified atom stereocenters. The van der Waals surface area contributed by atoms with Crippen LogP contribution in [0.1, 0.15) is 5.56 Å². The highest BCUT2D eigenvalue weighted by Gasteiger charge is 2.10. The molecule has 0 amide bonds. The second-order valence-corrected chi connectivity index (χ2v) is 2.56. The number of carbonyl (C=O) groups is 1. The van der Waals surface area contributed by atoms with Crippen LogP contribution >= 0.6 is 0 Å². The quantitative estimate of drug-likeness (QED) is 0.552. The number of ether oxygens (including phenoxy) is 1. The van der Waals surface area contributed by atoms with Gasteiger partial charge in [0.15, 0.2) is 0 Å². The molecule has 0 bridgehead atoms. The summed E-state index contributed by atoms with van der Waals surface area (Å²) in [6, 6.07) is 4.29. The van der Waals surface area contributed by atoms with Crippen molar-refractivity contribution in [2.24, 2.45) is 0 Å². The van der Waals surface area contributed by atoms with Crippen LogP contribution in [0.2, 0.25) is 0 Å². The minimum atomic E-state index is -0.503. The van der Waals surface area contributed by atoms with E-state index in [-0.39, 0.29) is 17.7 Å². The van der Waals surface area contributed by atoms with Crippen molar-refractivity contribution >= 4 is 11.7 Å². The predicted octanol–water partition coefficient (Wildman–Crippen LogP) is 1.12. The van der Waals surface area contributed by atoms with Crippen LogP contribution in [0, 0.1) is 5.82 Å². The Balaban J connectivity index is 2.93. The van der Waals surface area contributed by atoms with Crippen LogP contribution in [0.25, 0.3) is 0 Å². The van der Waals surface area contributed by atoms with Crippen LogP contribution in [0.15, 0.2) is 18.2 Å². The van der Waals surface area contributed by atoms with E-state index in [2.05, 4.69) is 4.74 Å². The lowest BCUT2D eigenvalue weighted by atomic mass is 10.1. The molecule has 0 radical (unpaired) electrons. The van der Waals surface area contributed by atoms with Crippen LogP contribution in [-0.4, -0.2) is 13.1 Å². The summed E-state index contributed by atoms with van der Waals surface area (Å²) in [4.78, 5) is 10.8. The highest BCUT2D eigenvalue weighted by molar-refractivity contribution is 5.74. The first-order valence-corrected chi connectivity index (χ1v) is 3.75. The van der Waals surface area contributed by atoms with Gasteiger partial charge < -0.3 is 10.5 Å². The standard InChI is InChI=1S/C9H10FNO2/c1-13-9(12)5-6-7(10)3-2-4-8(6)11/h2-4H,5,11H2,1H3. The minimum Gasteiger partial charge on any atom is -0.469 e. The first kappa shape index (κ1) is 9.51. The molecule has 0 aliphatic heterocycles. The maximum atomic E-state index is 13.1. The molecule has 0 aliphatic carbocycles. The Labute approximate surface area is 75.3 Å². The van der Waals surface area contributed by atoms with Gasteiger partial charge in [0.2, 0.25) is 0 Å². The number of hydrogen-bond donors (Lipinski definition) is 1. The van der Waals surface area contributed by atoms with E-state index < -0.39 is 11.8 Å². The van der Waals surface area contributed by atoms with Gasteiger partial charge in [-0.05, 0) is 12.1 Å². The van der Waals surface area contributed by atoms with E-state index in [1.165, 1.54) is 19.2 Å². The summed E-state index contributed by atoms with van der Waals surface area (Å²) in [6.45, 7) is 0. The molecule has 4 heteroatoms. The Bertz CT molecular complexity index is 305. The number of methoxy groups -OCH3 is 1. The smallest absolute Gasteiger partial charge is 0.310 e. The molecule has 0 heterocycles. The van der Waals surface area contributed by atoms with Crippen LogP contribution in [-0.2, 0) is 16.0 Å². The molecule has 0 aliphatic rings. The SMILES string of the molecule is COC(=O)Cc1c(N)cccc1F. The van der Waals surface area contributed by atoms with Gasteiger partial charge in [-0.3, -0.25) is 4.79 Å². The van der Waals surface area contributed by atoms with Crippen molar-refractivity contribution in [2.75, 3.05) is 12.8 Å². The lowest BCUT2D eigenvalue weighted by Crippen LogP contribution is -2.08. The van der Waals surface area contributed by atoms with Crippen molar-refractivity contribution in [1.29, 1.82) is 0 Å². The van der Waals surface area contributed by atoms with Crippen molar-refractivity contribution < 1.29 is 13.9 Å². The van der Waals surface area contributed by atoms with Gasteiger partial charge in [-0.2, -0.15) is 0 Å². The van der Waals surface area contributed by atoms with Crippen molar-refractivity contribution in [3.63, 3.8) is 0 Å². The number of anilines is 1. The minimum absolute atomic E-state index is 0.130. The number of nitrogen functional groups attached to an aromatic ring is 1. The zero-order valence-electron chi connectivity index (χ0n) is 7.21. The first-order valence-electron chi connectivity index (χ1n) is 3.75. The van der Waals surface area contributed by atoms with Crippen LogP contribution in [0.3, 0.4) is 0 Å². The molecular weight excluding hydrogens is 173 g/mol. The van der Waals surface area contributed by atoms with Gasteiger partial charge in [0, 0.05) is 11.3 Å². The summed E-state index contributed by atoms with van der Waals surface area (Å²) in [7, 11) is 1.25. The molecule has 0 saturated heterocycles. The van der Waals surface area contributed by atoms with Gasteiger partial charge in [0.25, 0.3) is 0 Å². The van der Waals surface area contributed by atoms with E-state index in [1.807, 2.05) is 0 Å². The molecule has 3 nitrogen and oxygen atoms in total. The molecule has 0 saturated carbocycles. The van der Waals surface area contributed by atoms with Gasteiger partial charge in [-0.1, -0.05) is 6.07 Å². The fourth-order valence-electron chi connectivity index (χ4n) is 0.978. The number of carbonyl (C=O) groups excluding carboxylic acids is 1. The first-order chi connectivity index (χ1) is 6.15. The monoisotopic (exact) mass is 183 g/mol. The van der Waals surface area contributed by atoms with E-state index >= 15 is 0 Å². The average Bonchev–Trinajstić information content (AvgIpc) is 2.11. The molecule has 1 rings (SSSR count). The Morgan fingerprint density at radius 1 is 1.62 bits per heavy atom. The van der Waals surface area contributed by atoms with Gasteiger partial charge in [0.1, 0.15) is 5.82 Å². The van der Waals surface area contributed by atoms with Crippen LogP contribution < -0.4 is 5.73 Å². The van der Waals surface area contributed by atoms with Crippen LogP contribution in [0.5, 0.6) is 0 Å². The normalized spacial score (nSPS) is 9.69. The number of halogens is 1. The molecule has 0 atom stereocenters. The van der Waals surface area contributed by atoms with E-state index in [1.54, 1.807) is 6.07 Å². The third-order valence-electron chi connectivity index (χ3n) is 1.70. The number of rotatable bonds is 2. The van der Waals surface area contributed by atoms with Gasteiger partial charge >= 0.3 is 5.97 Å². The molecule has 1 aromatic rings. The second kappa shape index (κ2) is 3.89. The number of hydrogen-bond acceptors (Lipinski definition) is 3. The lowest BCUT2D eigenvalue weighted by molar-refractivity contribution is -0.139. The molecule has 2 N–H and O–H groups in total. The Morgan fingerprint density at radius 2 is 2.31 bits per heavy atom. The molecule has 13 heavy (non-hydrogen) atoms. The number of nitrogens with two attached hydrogens (primary N) is 1. The molecule has 0 fully saturated rings. The number of benzene rings is 1. The molecule has 0 aromatic heterocycles. The largest absolute Gasteiger partial charge is 0.469 e. The Hall–Kier alpha value is -1.58. The molecule has 70 valence electrons. The highest BCUT2D eigenvalue weighted by atomic mass is 19.1. The van der Waals surface area contributed by atoms with E-state index in [0.29, 0.717) is 0 Å². The van der Waals surface area contributed by atoms with Crippen molar-refractivity contribution in [1.82, 2.24) is 0 Å². The highest BCUT2D eigenvalue weighted by Crippen LogP contribution is 2.16. The van der Waals surface area contributed by atoms with E-state index in [0.717, 1.165) is 0 Å². The van der Waals surface area contributed by atoms with Gasteiger partial charge in [0.05, 0.1) is 13.5 Å². The van der Waals surface area contributed by atoms with Crippen molar-refractivity contribution in [3.8, 4) is 0 Å². The zero-order valence-corrected chi connectivity index (χ0v) is 7.21. The summed E-state index contributed by atoms with van der Waals surface area (Å²) in [6.07, 6.45) is -0.130. The van der Waals surface area contributed by atoms with Crippen molar-refractivity contribution in [2.45, 2.75) is 6.42 Å². The third kappa shape index (κ3) is 2.18. The maximum absolute atomic E-state index is 13.1. The van der Waals surface area contributed by atoms with Crippen LogP contribution in [0.4, 0.5) is 10.1 Å². The molecule has 1 aromatic carbocycles. The lowest BCUT2D eigenvalue weighted by Gasteiger charge is -2.04. The van der Waals surface area contributed by atoms with E-state index in [9.17, 15) is 9.18 Å².